The SMILES string of the molecule is Cc1cc(C)c(Nc2nccc(C(=O)N3CCCC3)n2)c(Cl)c1. The summed E-state index contributed by atoms with van der Waals surface area (Å²) < 4.78 is 0. The summed E-state index contributed by atoms with van der Waals surface area (Å²) in [7, 11) is 0. The van der Waals surface area contributed by atoms with Gasteiger partial charge >= 0.3 is 0 Å². The van der Waals surface area contributed by atoms with Gasteiger partial charge in [-0.2, -0.15) is 0 Å². The van der Waals surface area contributed by atoms with Crippen molar-refractivity contribution in [3.63, 3.8) is 0 Å². The summed E-state index contributed by atoms with van der Waals surface area (Å²) in [6, 6.07) is 5.57. The first kappa shape index (κ1) is 15.7. The molecule has 1 aromatic heterocycles. The molecule has 1 saturated heterocycles. The van der Waals surface area contributed by atoms with Crippen LogP contribution in [0.1, 0.15) is 34.5 Å². The zero-order valence-corrected chi connectivity index (χ0v) is 14.0. The second kappa shape index (κ2) is 6.54. The van der Waals surface area contributed by atoms with Crippen molar-refractivity contribution in [2.75, 3.05) is 18.4 Å². The van der Waals surface area contributed by atoms with E-state index in [9.17, 15) is 4.79 Å². The third kappa shape index (κ3) is 3.45. The molecule has 6 heteroatoms. The number of hydrogen-bond acceptors (Lipinski definition) is 4. The van der Waals surface area contributed by atoms with Gasteiger partial charge in [-0.1, -0.05) is 17.7 Å². The highest BCUT2D eigenvalue weighted by molar-refractivity contribution is 6.33. The Morgan fingerprint density at radius 2 is 2.00 bits per heavy atom. The van der Waals surface area contributed by atoms with E-state index in [0.717, 1.165) is 42.7 Å². The molecule has 0 aliphatic carbocycles. The molecule has 5 nitrogen and oxygen atoms in total. The Morgan fingerprint density at radius 3 is 2.70 bits per heavy atom. The number of aryl methyl sites for hydroxylation is 2. The van der Waals surface area contributed by atoms with Crippen molar-refractivity contribution in [3.05, 3.63) is 46.2 Å². The van der Waals surface area contributed by atoms with Gasteiger partial charge in [0.1, 0.15) is 5.69 Å². The average Bonchev–Trinajstić information content (AvgIpc) is 3.05. The van der Waals surface area contributed by atoms with Crippen LogP contribution in [0.5, 0.6) is 0 Å². The molecule has 1 aromatic carbocycles. The number of anilines is 2. The lowest BCUT2D eigenvalue weighted by atomic mass is 10.1. The molecule has 0 spiro atoms. The Bertz CT molecular complexity index is 718. The first-order chi connectivity index (χ1) is 11.0. The predicted octanol–water partition coefficient (Wildman–Crippen LogP) is 3.73. The summed E-state index contributed by atoms with van der Waals surface area (Å²) >= 11 is 6.30. The number of halogens is 1. The predicted molar refractivity (Wildman–Crippen MR) is 91.4 cm³/mol. The van der Waals surface area contributed by atoms with Crippen molar-refractivity contribution in [1.82, 2.24) is 14.9 Å². The monoisotopic (exact) mass is 330 g/mol. The fourth-order valence-corrected chi connectivity index (χ4v) is 3.17. The molecule has 1 aliphatic rings. The van der Waals surface area contributed by atoms with Crippen LogP contribution in [-0.2, 0) is 0 Å². The highest BCUT2D eigenvalue weighted by atomic mass is 35.5. The first-order valence-electron chi connectivity index (χ1n) is 7.70. The highest BCUT2D eigenvalue weighted by Gasteiger charge is 2.21. The third-order valence-electron chi connectivity index (χ3n) is 3.94. The largest absolute Gasteiger partial charge is 0.337 e. The van der Waals surface area contributed by atoms with Crippen molar-refractivity contribution in [1.29, 1.82) is 0 Å². The summed E-state index contributed by atoms with van der Waals surface area (Å²) in [5.74, 6) is 0.337. The maximum absolute atomic E-state index is 12.4. The van der Waals surface area contributed by atoms with Crippen LogP contribution in [0, 0.1) is 13.8 Å². The molecule has 23 heavy (non-hydrogen) atoms. The lowest BCUT2D eigenvalue weighted by molar-refractivity contribution is 0.0787. The number of hydrogen-bond donors (Lipinski definition) is 1. The van der Waals surface area contributed by atoms with E-state index in [2.05, 4.69) is 15.3 Å². The van der Waals surface area contributed by atoms with E-state index in [1.807, 2.05) is 30.9 Å². The van der Waals surface area contributed by atoms with E-state index in [1.165, 1.54) is 0 Å². The van der Waals surface area contributed by atoms with E-state index in [-0.39, 0.29) is 5.91 Å². The number of carbonyl (C=O) groups excluding carboxylic acids is 1. The summed E-state index contributed by atoms with van der Waals surface area (Å²) in [6.07, 6.45) is 3.70. The fraction of sp³-hybridized carbons (Fsp3) is 0.353. The number of rotatable bonds is 3. The lowest BCUT2D eigenvalue weighted by Gasteiger charge is -2.15. The molecule has 2 heterocycles. The normalized spacial score (nSPS) is 14.1. The minimum atomic E-state index is -0.0420. The minimum Gasteiger partial charge on any atom is -0.337 e. The van der Waals surface area contributed by atoms with Gasteiger partial charge in [-0.15, -0.1) is 0 Å². The number of aromatic nitrogens is 2. The van der Waals surface area contributed by atoms with Crippen LogP contribution >= 0.6 is 11.6 Å². The summed E-state index contributed by atoms with van der Waals surface area (Å²) in [5, 5.41) is 3.74. The molecule has 1 fully saturated rings. The van der Waals surface area contributed by atoms with Crippen LogP contribution in [0.25, 0.3) is 0 Å². The van der Waals surface area contributed by atoms with Crippen LogP contribution in [-0.4, -0.2) is 33.9 Å². The van der Waals surface area contributed by atoms with Gasteiger partial charge < -0.3 is 10.2 Å². The molecular formula is C17H19ClN4O. The van der Waals surface area contributed by atoms with Crippen LogP contribution in [0.3, 0.4) is 0 Å². The number of carbonyl (C=O) groups is 1. The van der Waals surface area contributed by atoms with Crippen molar-refractivity contribution in [2.24, 2.45) is 0 Å². The summed E-state index contributed by atoms with van der Waals surface area (Å²) in [4.78, 5) is 22.8. The van der Waals surface area contributed by atoms with Crippen LogP contribution in [0.4, 0.5) is 11.6 Å². The van der Waals surface area contributed by atoms with Gasteiger partial charge in [0.05, 0.1) is 10.7 Å². The second-order valence-electron chi connectivity index (χ2n) is 5.83. The van der Waals surface area contributed by atoms with Crippen molar-refractivity contribution < 1.29 is 4.79 Å². The lowest BCUT2D eigenvalue weighted by Crippen LogP contribution is -2.28. The second-order valence-corrected chi connectivity index (χ2v) is 6.24. The molecule has 2 aromatic rings. The van der Waals surface area contributed by atoms with Gasteiger partial charge in [-0.3, -0.25) is 4.79 Å². The van der Waals surface area contributed by atoms with Gasteiger partial charge in [-0.05, 0) is 49.9 Å². The summed E-state index contributed by atoms with van der Waals surface area (Å²) in [5.41, 5.74) is 3.28. The van der Waals surface area contributed by atoms with E-state index in [0.29, 0.717) is 16.7 Å². The molecule has 0 atom stereocenters. The Labute approximate surface area is 140 Å². The molecule has 1 N–H and O–H groups in total. The zero-order chi connectivity index (χ0) is 16.4. The highest BCUT2D eigenvalue weighted by Crippen LogP contribution is 2.29. The first-order valence-corrected chi connectivity index (χ1v) is 8.08. The summed E-state index contributed by atoms with van der Waals surface area (Å²) in [6.45, 7) is 5.57. The molecule has 120 valence electrons. The van der Waals surface area contributed by atoms with Gasteiger partial charge in [0.2, 0.25) is 5.95 Å². The number of amides is 1. The van der Waals surface area contributed by atoms with Gasteiger partial charge in [-0.25, -0.2) is 9.97 Å². The Hall–Kier alpha value is -2.14. The van der Waals surface area contributed by atoms with E-state index < -0.39 is 0 Å². The Balaban J connectivity index is 1.84. The van der Waals surface area contributed by atoms with Gasteiger partial charge in [0, 0.05) is 19.3 Å². The van der Waals surface area contributed by atoms with Crippen LogP contribution in [0.2, 0.25) is 5.02 Å². The Morgan fingerprint density at radius 1 is 1.26 bits per heavy atom. The molecule has 0 unspecified atom stereocenters. The maximum Gasteiger partial charge on any atom is 0.272 e. The van der Waals surface area contributed by atoms with Gasteiger partial charge in [0.25, 0.3) is 5.91 Å². The van der Waals surface area contributed by atoms with Gasteiger partial charge in [0.15, 0.2) is 0 Å². The third-order valence-corrected chi connectivity index (χ3v) is 4.23. The zero-order valence-electron chi connectivity index (χ0n) is 13.3. The number of likely N-dealkylation sites (tertiary alicyclic amines) is 1. The standard InChI is InChI=1S/C17H19ClN4O/c1-11-9-12(2)15(13(18)10-11)21-17-19-6-5-14(20-17)16(23)22-7-3-4-8-22/h5-6,9-10H,3-4,7-8H2,1-2H3,(H,19,20,21). The van der Waals surface area contributed by atoms with E-state index in [1.54, 1.807) is 12.3 Å². The van der Waals surface area contributed by atoms with Crippen molar-refractivity contribution >= 4 is 29.1 Å². The maximum atomic E-state index is 12.4. The van der Waals surface area contributed by atoms with Crippen LogP contribution < -0.4 is 5.32 Å². The molecule has 1 aliphatic heterocycles. The average molecular weight is 331 g/mol. The topological polar surface area (TPSA) is 58.1 Å². The van der Waals surface area contributed by atoms with E-state index >= 15 is 0 Å². The smallest absolute Gasteiger partial charge is 0.272 e. The quantitative estimate of drug-likeness (QED) is 0.931. The van der Waals surface area contributed by atoms with Crippen molar-refractivity contribution in [3.8, 4) is 0 Å². The molecule has 0 bridgehead atoms. The van der Waals surface area contributed by atoms with E-state index in [4.69, 9.17) is 11.6 Å². The minimum absolute atomic E-state index is 0.0420. The Kier molecular flexibility index (Phi) is 4.48. The molecule has 3 rings (SSSR count). The molecule has 0 saturated carbocycles. The fourth-order valence-electron chi connectivity index (χ4n) is 2.81. The van der Waals surface area contributed by atoms with Crippen molar-refractivity contribution in [2.45, 2.75) is 26.7 Å². The number of nitrogens with zero attached hydrogens (tertiary/aromatic N) is 3. The molecule has 1 amide bonds. The number of nitrogens with one attached hydrogen (secondary N) is 1. The molecule has 0 radical (unpaired) electrons. The van der Waals surface area contributed by atoms with Crippen LogP contribution in [0.15, 0.2) is 24.4 Å². The number of benzene rings is 1. The molecular weight excluding hydrogens is 312 g/mol.